The lowest BCUT2D eigenvalue weighted by Gasteiger charge is -2.26. The third kappa shape index (κ3) is 5.27. The molecule has 1 saturated heterocycles. The van der Waals surface area contributed by atoms with Crippen molar-refractivity contribution in [2.24, 2.45) is 0 Å². The summed E-state index contributed by atoms with van der Waals surface area (Å²) in [5.41, 5.74) is 0. The molecule has 78 valence electrons. The van der Waals surface area contributed by atoms with Crippen LogP contribution in [-0.4, -0.2) is 37.2 Å². The Hall–Kier alpha value is -0.0800. The lowest BCUT2D eigenvalue weighted by molar-refractivity contribution is 0.0690. The highest BCUT2D eigenvalue weighted by atomic mass is 16.5. The molecule has 0 unspecified atom stereocenters. The van der Waals surface area contributed by atoms with Gasteiger partial charge in [0.05, 0.1) is 6.10 Å². The molecule has 0 bridgehead atoms. The highest BCUT2D eigenvalue weighted by Gasteiger charge is 2.08. The van der Waals surface area contributed by atoms with E-state index in [1.165, 1.54) is 45.3 Å². The SMILES string of the molecule is CC(C)OCCCN1CCCCC1. The second-order valence-corrected chi connectivity index (χ2v) is 4.18. The molecule has 1 fully saturated rings. The molecule has 0 amide bonds. The molecule has 0 radical (unpaired) electrons. The number of hydrogen-bond acceptors (Lipinski definition) is 2. The number of nitrogens with zero attached hydrogens (tertiary/aromatic N) is 1. The third-order valence-corrected chi connectivity index (χ3v) is 2.52. The molecule has 0 aromatic carbocycles. The Labute approximate surface area is 82.3 Å². The maximum atomic E-state index is 5.51. The van der Waals surface area contributed by atoms with Gasteiger partial charge >= 0.3 is 0 Å². The normalized spacial score (nSPS) is 19.6. The predicted octanol–water partition coefficient (Wildman–Crippen LogP) is 2.29. The minimum Gasteiger partial charge on any atom is -0.379 e. The Bertz CT molecular complexity index is 119. The van der Waals surface area contributed by atoms with Crippen LogP contribution in [0.4, 0.5) is 0 Å². The van der Waals surface area contributed by atoms with Crippen LogP contribution < -0.4 is 0 Å². The van der Waals surface area contributed by atoms with Crippen molar-refractivity contribution in [3.8, 4) is 0 Å². The van der Waals surface area contributed by atoms with Crippen LogP contribution in [0.1, 0.15) is 39.5 Å². The number of hydrogen-bond donors (Lipinski definition) is 0. The second kappa shape index (κ2) is 6.39. The van der Waals surface area contributed by atoms with Gasteiger partial charge in [0.1, 0.15) is 0 Å². The molecule has 2 heteroatoms. The van der Waals surface area contributed by atoms with Crippen molar-refractivity contribution in [3.05, 3.63) is 0 Å². The van der Waals surface area contributed by atoms with Gasteiger partial charge in [-0.15, -0.1) is 0 Å². The van der Waals surface area contributed by atoms with E-state index < -0.39 is 0 Å². The average Bonchev–Trinajstić information content (AvgIpc) is 2.14. The topological polar surface area (TPSA) is 12.5 Å². The molecular weight excluding hydrogens is 162 g/mol. The Morgan fingerprint density at radius 2 is 1.85 bits per heavy atom. The van der Waals surface area contributed by atoms with Gasteiger partial charge in [0.2, 0.25) is 0 Å². The number of ether oxygens (including phenoxy) is 1. The van der Waals surface area contributed by atoms with Gasteiger partial charge in [-0.05, 0) is 46.2 Å². The van der Waals surface area contributed by atoms with Crippen LogP contribution >= 0.6 is 0 Å². The minimum atomic E-state index is 0.390. The van der Waals surface area contributed by atoms with Crippen LogP contribution in [0.15, 0.2) is 0 Å². The standard InChI is InChI=1S/C11H23NO/c1-11(2)13-10-6-9-12-7-4-3-5-8-12/h11H,3-10H2,1-2H3. The fourth-order valence-electron chi connectivity index (χ4n) is 1.79. The van der Waals surface area contributed by atoms with Gasteiger partial charge in [-0.2, -0.15) is 0 Å². The van der Waals surface area contributed by atoms with E-state index in [0.29, 0.717) is 6.10 Å². The Morgan fingerprint density at radius 3 is 2.46 bits per heavy atom. The first kappa shape index (κ1) is 11.0. The number of rotatable bonds is 5. The first-order valence-electron chi connectivity index (χ1n) is 5.63. The summed E-state index contributed by atoms with van der Waals surface area (Å²) in [7, 11) is 0. The van der Waals surface area contributed by atoms with Crippen LogP contribution in [0, 0.1) is 0 Å². The second-order valence-electron chi connectivity index (χ2n) is 4.18. The van der Waals surface area contributed by atoms with E-state index >= 15 is 0 Å². The van der Waals surface area contributed by atoms with Crippen molar-refractivity contribution in [2.45, 2.75) is 45.6 Å². The molecule has 0 aromatic heterocycles. The average molecular weight is 185 g/mol. The summed E-state index contributed by atoms with van der Waals surface area (Å²) in [5.74, 6) is 0. The van der Waals surface area contributed by atoms with E-state index in [0.717, 1.165) is 6.61 Å². The maximum absolute atomic E-state index is 5.51. The zero-order valence-corrected chi connectivity index (χ0v) is 9.09. The van der Waals surface area contributed by atoms with E-state index in [2.05, 4.69) is 18.7 Å². The molecule has 2 nitrogen and oxygen atoms in total. The highest BCUT2D eigenvalue weighted by Crippen LogP contribution is 2.08. The van der Waals surface area contributed by atoms with Gasteiger partial charge < -0.3 is 9.64 Å². The fourth-order valence-corrected chi connectivity index (χ4v) is 1.79. The van der Waals surface area contributed by atoms with Gasteiger partial charge in [0, 0.05) is 13.2 Å². The van der Waals surface area contributed by atoms with Crippen molar-refractivity contribution in [1.82, 2.24) is 4.90 Å². The molecule has 0 spiro atoms. The van der Waals surface area contributed by atoms with Crippen LogP contribution in [0.3, 0.4) is 0 Å². The summed E-state index contributed by atoms with van der Waals surface area (Å²) in [6.45, 7) is 8.96. The molecular formula is C11H23NO. The van der Waals surface area contributed by atoms with Gasteiger partial charge in [0.25, 0.3) is 0 Å². The van der Waals surface area contributed by atoms with E-state index in [-0.39, 0.29) is 0 Å². The summed E-state index contributed by atoms with van der Waals surface area (Å²) >= 11 is 0. The Kier molecular flexibility index (Phi) is 5.40. The van der Waals surface area contributed by atoms with Gasteiger partial charge in [-0.3, -0.25) is 0 Å². The smallest absolute Gasteiger partial charge is 0.0518 e. The van der Waals surface area contributed by atoms with E-state index in [1.54, 1.807) is 0 Å². The van der Waals surface area contributed by atoms with Crippen molar-refractivity contribution in [1.29, 1.82) is 0 Å². The summed E-state index contributed by atoms with van der Waals surface area (Å²) < 4.78 is 5.51. The molecule has 13 heavy (non-hydrogen) atoms. The van der Waals surface area contributed by atoms with E-state index in [9.17, 15) is 0 Å². The summed E-state index contributed by atoms with van der Waals surface area (Å²) in [5, 5.41) is 0. The summed E-state index contributed by atoms with van der Waals surface area (Å²) in [6, 6.07) is 0. The molecule has 1 heterocycles. The first-order valence-corrected chi connectivity index (χ1v) is 5.63. The summed E-state index contributed by atoms with van der Waals surface area (Å²) in [6.07, 6.45) is 5.80. The van der Waals surface area contributed by atoms with Gasteiger partial charge in [-0.1, -0.05) is 6.42 Å². The minimum absolute atomic E-state index is 0.390. The van der Waals surface area contributed by atoms with E-state index in [1.807, 2.05) is 0 Å². The molecule has 1 rings (SSSR count). The van der Waals surface area contributed by atoms with Crippen LogP contribution in [-0.2, 0) is 4.74 Å². The highest BCUT2D eigenvalue weighted by molar-refractivity contribution is 4.63. The molecule has 1 aliphatic heterocycles. The van der Waals surface area contributed by atoms with Crippen molar-refractivity contribution in [2.75, 3.05) is 26.2 Å². The zero-order valence-electron chi connectivity index (χ0n) is 9.09. The largest absolute Gasteiger partial charge is 0.379 e. The lowest BCUT2D eigenvalue weighted by atomic mass is 10.1. The van der Waals surface area contributed by atoms with Crippen LogP contribution in [0.5, 0.6) is 0 Å². The zero-order chi connectivity index (χ0) is 9.52. The van der Waals surface area contributed by atoms with Crippen LogP contribution in [0.2, 0.25) is 0 Å². The molecule has 0 N–H and O–H groups in total. The first-order chi connectivity index (χ1) is 6.29. The fraction of sp³-hybridized carbons (Fsp3) is 1.00. The monoisotopic (exact) mass is 185 g/mol. The predicted molar refractivity (Wildman–Crippen MR) is 56.0 cm³/mol. The lowest BCUT2D eigenvalue weighted by Crippen LogP contribution is -2.31. The maximum Gasteiger partial charge on any atom is 0.0518 e. The van der Waals surface area contributed by atoms with Crippen molar-refractivity contribution < 1.29 is 4.74 Å². The quantitative estimate of drug-likeness (QED) is 0.609. The number of likely N-dealkylation sites (tertiary alicyclic amines) is 1. The van der Waals surface area contributed by atoms with E-state index in [4.69, 9.17) is 4.74 Å². The molecule has 0 atom stereocenters. The van der Waals surface area contributed by atoms with Gasteiger partial charge in [0.15, 0.2) is 0 Å². The molecule has 0 aromatic rings. The molecule has 1 aliphatic rings. The Morgan fingerprint density at radius 1 is 1.15 bits per heavy atom. The van der Waals surface area contributed by atoms with Crippen molar-refractivity contribution >= 4 is 0 Å². The molecule has 0 aliphatic carbocycles. The van der Waals surface area contributed by atoms with Gasteiger partial charge in [-0.25, -0.2) is 0 Å². The number of piperidine rings is 1. The molecule has 0 saturated carbocycles. The van der Waals surface area contributed by atoms with Crippen LogP contribution in [0.25, 0.3) is 0 Å². The van der Waals surface area contributed by atoms with Crippen molar-refractivity contribution in [3.63, 3.8) is 0 Å². The summed E-state index contributed by atoms with van der Waals surface area (Å²) in [4.78, 5) is 2.56. The Balaban J connectivity index is 1.92. The third-order valence-electron chi connectivity index (χ3n) is 2.52.